The average molecular weight is 372 g/mol. The summed E-state index contributed by atoms with van der Waals surface area (Å²) >= 11 is 0. The molecule has 0 aliphatic heterocycles. The van der Waals surface area contributed by atoms with Crippen molar-refractivity contribution in [1.29, 1.82) is 0 Å². The van der Waals surface area contributed by atoms with Gasteiger partial charge in [-0.25, -0.2) is 14.3 Å². The third-order valence-electron chi connectivity index (χ3n) is 4.40. The molecule has 28 heavy (non-hydrogen) atoms. The average Bonchev–Trinajstić information content (AvgIpc) is 2.74. The molecule has 0 radical (unpaired) electrons. The van der Waals surface area contributed by atoms with E-state index in [0.29, 0.717) is 27.7 Å². The molecular formula is C21H16N4O3. The van der Waals surface area contributed by atoms with Gasteiger partial charge in [0.2, 0.25) is 5.95 Å². The van der Waals surface area contributed by atoms with Gasteiger partial charge in [0, 0.05) is 18.0 Å². The summed E-state index contributed by atoms with van der Waals surface area (Å²) in [7, 11) is 1.31. The number of hydrogen-bond acceptors (Lipinski definition) is 6. The van der Waals surface area contributed by atoms with Gasteiger partial charge in [-0.1, -0.05) is 24.3 Å². The van der Waals surface area contributed by atoms with Gasteiger partial charge in [-0.05, 0) is 35.9 Å². The number of nitrogen functional groups attached to an aromatic ring is 1. The lowest BCUT2D eigenvalue weighted by Crippen LogP contribution is -2.23. The third-order valence-corrected chi connectivity index (χ3v) is 4.40. The first-order valence-electron chi connectivity index (χ1n) is 8.50. The van der Waals surface area contributed by atoms with E-state index in [1.165, 1.54) is 17.9 Å². The number of para-hydroxylation sites is 1. The van der Waals surface area contributed by atoms with Crippen molar-refractivity contribution in [2.75, 3.05) is 12.8 Å². The summed E-state index contributed by atoms with van der Waals surface area (Å²) in [5.41, 5.74) is 8.64. The number of esters is 1. The zero-order valence-electron chi connectivity index (χ0n) is 15.0. The Labute approximate surface area is 160 Å². The highest BCUT2D eigenvalue weighted by atomic mass is 16.5. The molecule has 7 nitrogen and oxygen atoms in total. The second-order valence-electron chi connectivity index (χ2n) is 6.13. The predicted octanol–water partition coefficient (Wildman–Crippen LogP) is 2.82. The molecule has 0 aliphatic rings. The Morgan fingerprint density at radius 1 is 1.04 bits per heavy atom. The topological polar surface area (TPSA) is 100 Å². The summed E-state index contributed by atoms with van der Waals surface area (Å²) in [5, 5.41) is 0.416. The number of nitrogens with zero attached hydrogens (tertiary/aromatic N) is 3. The van der Waals surface area contributed by atoms with Crippen LogP contribution in [0.4, 0.5) is 5.95 Å². The molecule has 2 heterocycles. The second-order valence-corrected chi connectivity index (χ2v) is 6.13. The fourth-order valence-corrected chi connectivity index (χ4v) is 3.04. The van der Waals surface area contributed by atoms with Crippen molar-refractivity contribution in [1.82, 2.24) is 14.5 Å². The number of rotatable bonds is 3. The lowest BCUT2D eigenvalue weighted by molar-refractivity contribution is 0.0600. The van der Waals surface area contributed by atoms with Gasteiger partial charge in [-0.15, -0.1) is 0 Å². The second kappa shape index (κ2) is 6.96. The molecule has 2 N–H and O–H groups in total. The van der Waals surface area contributed by atoms with Crippen molar-refractivity contribution in [2.24, 2.45) is 0 Å². The Morgan fingerprint density at radius 3 is 2.57 bits per heavy atom. The molecule has 4 aromatic rings. The number of fused-ring (bicyclic) bond motifs is 1. The molecule has 2 aromatic heterocycles. The Balaban J connectivity index is 1.90. The van der Waals surface area contributed by atoms with Crippen LogP contribution in [-0.2, 0) is 4.74 Å². The van der Waals surface area contributed by atoms with E-state index in [2.05, 4.69) is 9.97 Å². The standard InChI is InChI=1S/C21H16N4O3/c1-28-20(27)15-9-14(11-23-12-15)13-7-8-18-17(10-13)19(26)25(21(22)24-18)16-5-3-2-4-6-16/h2-12H,1H3,(H2,22,24). The van der Waals surface area contributed by atoms with Gasteiger partial charge in [-0.3, -0.25) is 9.78 Å². The molecule has 0 bridgehead atoms. The van der Waals surface area contributed by atoms with Crippen LogP contribution in [-0.4, -0.2) is 27.6 Å². The van der Waals surface area contributed by atoms with E-state index < -0.39 is 5.97 Å². The van der Waals surface area contributed by atoms with Crippen molar-refractivity contribution >= 4 is 22.8 Å². The highest BCUT2D eigenvalue weighted by molar-refractivity contribution is 5.91. The molecular weight excluding hydrogens is 356 g/mol. The van der Waals surface area contributed by atoms with Crippen LogP contribution in [0.15, 0.2) is 71.8 Å². The van der Waals surface area contributed by atoms with E-state index in [-0.39, 0.29) is 11.5 Å². The summed E-state index contributed by atoms with van der Waals surface area (Å²) in [4.78, 5) is 33.3. The van der Waals surface area contributed by atoms with Crippen LogP contribution in [0.2, 0.25) is 0 Å². The van der Waals surface area contributed by atoms with Crippen LogP contribution in [0.3, 0.4) is 0 Å². The largest absolute Gasteiger partial charge is 0.465 e. The Bertz CT molecular complexity index is 1250. The van der Waals surface area contributed by atoms with E-state index in [4.69, 9.17) is 10.5 Å². The molecule has 0 saturated heterocycles. The first-order valence-corrected chi connectivity index (χ1v) is 8.50. The van der Waals surface area contributed by atoms with Gasteiger partial charge in [0.15, 0.2) is 0 Å². The number of aromatic nitrogens is 3. The number of carbonyl (C=O) groups is 1. The fraction of sp³-hybridized carbons (Fsp3) is 0.0476. The number of nitrogens with two attached hydrogens (primary N) is 1. The lowest BCUT2D eigenvalue weighted by Gasteiger charge is -2.11. The molecule has 0 spiro atoms. The molecule has 0 amide bonds. The fourth-order valence-electron chi connectivity index (χ4n) is 3.04. The smallest absolute Gasteiger partial charge is 0.339 e. The molecule has 2 aromatic carbocycles. The maximum atomic E-state index is 13.1. The van der Waals surface area contributed by atoms with Crippen LogP contribution in [0.1, 0.15) is 10.4 Å². The Hall–Kier alpha value is -4.00. The molecule has 4 rings (SSSR count). The predicted molar refractivity (Wildman–Crippen MR) is 106 cm³/mol. The molecule has 0 unspecified atom stereocenters. The van der Waals surface area contributed by atoms with Crippen LogP contribution in [0, 0.1) is 0 Å². The Morgan fingerprint density at radius 2 is 1.82 bits per heavy atom. The monoisotopic (exact) mass is 372 g/mol. The van der Waals surface area contributed by atoms with Gasteiger partial charge in [0.05, 0.1) is 29.3 Å². The summed E-state index contributed by atoms with van der Waals surface area (Å²) in [6.45, 7) is 0. The lowest BCUT2D eigenvalue weighted by atomic mass is 10.0. The van der Waals surface area contributed by atoms with Gasteiger partial charge in [-0.2, -0.15) is 0 Å². The first kappa shape index (κ1) is 17.4. The molecule has 138 valence electrons. The number of hydrogen-bond donors (Lipinski definition) is 1. The van der Waals surface area contributed by atoms with E-state index in [0.717, 1.165) is 5.56 Å². The van der Waals surface area contributed by atoms with E-state index in [1.54, 1.807) is 42.6 Å². The van der Waals surface area contributed by atoms with Gasteiger partial charge in [0.1, 0.15) is 0 Å². The summed E-state index contributed by atoms with van der Waals surface area (Å²) in [5.74, 6) is -0.359. The quantitative estimate of drug-likeness (QED) is 0.555. The van der Waals surface area contributed by atoms with Crippen molar-refractivity contribution < 1.29 is 9.53 Å². The van der Waals surface area contributed by atoms with Crippen LogP contribution in [0.25, 0.3) is 27.7 Å². The molecule has 0 fully saturated rings. The molecule has 0 saturated carbocycles. The number of ether oxygens (including phenoxy) is 1. The number of carbonyl (C=O) groups excluding carboxylic acids is 1. The van der Waals surface area contributed by atoms with Crippen LogP contribution < -0.4 is 11.3 Å². The van der Waals surface area contributed by atoms with E-state index in [9.17, 15) is 9.59 Å². The van der Waals surface area contributed by atoms with Crippen molar-refractivity contribution in [2.45, 2.75) is 0 Å². The van der Waals surface area contributed by atoms with Gasteiger partial charge < -0.3 is 10.5 Å². The molecule has 7 heteroatoms. The number of methoxy groups -OCH3 is 1. The Kier molecular flexibility index (Phi) is 4.33. The summed E-state index contributed by atoms with van der Waals surface area (Å²) < 4.78 is 6.11. The van der Waals surface area contributed by atoms with E-state index in [1.807, 2.05) is 18.2 Å². The minimum atomic E-state index is -0.476. The minimum absolute atomic E-state index is 0.116. The first-order chi connectivity index (χ1) is 13.6. The van der Waals surface area contributed by atoms with Crippen LogP contribution in [0.5, 0.6) is 0 Å². The molecule has 0 aliphatic carbocycles. The summed E-state index contributed by atoms with van der Waals surface area (Å²) in [6, 6.07) is 16.0. The highest BCUT2D eigenvalue weighted by Gasteiger charge is 2.13. The van der Waals surface area contributed by atoms with Crippen molar-refractivity contribution in [3.05, 3.63) is 82.9 Å². The van der Waals surface area contributed by atoms with E-state index >= 15 is 0 Å². The SMILES string of the molecule is COC(=O)c1cncc(-c2ccc3nc(N)n(-c4ccccc4)c(=O)c3c2)c1. The van der Waals surface area contributed by atoms with Crippen LogP contribution >= 0.6 is 0 Å². The van der Waals surface area contributed by atoms with Gasteiger partial charge in [0.25, 0.3) is 5.56 Å². The normalized spacial score (nSPS) is 10.8. The number of pyridine rings is 1. The number of benzene rings is 2. The van der Waals surface area contributed by atoms with Crippen molar-refractivity contribution in [3.63, 3.8) is 0 Å². The minimum Gasteiger partial charge on any atom is -0.465 e. The zero-order chi connectivity index (χ0) is 19.7. The maximum Gasteiger partial charge on any atom is 0.339 e. The summed E-state index contributed by atoms with van der Waals surface area (Å²) in [6.07, 6.45) is 3.05. The zero-order valence-corrected chi connectivity index (χ0v) is 15.0. The maximum absolute atomic E-state index is 13.1. The van der Waals surface area contributed by atoms with Gasteiger partial charge >= 0.3 is 5.97 Å². The number of anilines is 1. The highest BCUT2D eigenvalue weighted by Crippen LogP contribution is 2.24. The third kappa shape index (κ3) is 2.99. The van der Waals surface area contributed by atoms with Crippen molar-refractivity contribution in [3.8, 4) is 16.8 Å². The molecule has 0 atom stereocenters.